The van der Waals surface area contributed by atoms with Gasteiger partial charge in [0.25, 0.3) is 0 Å². The molecule has 20 heavy (non-hydrogen) atoms. The largest absolute Gasteiger partial charge is 0.464 e. The number of hydrogen-bond acceptors (Lipinski definition) is 2. The van der Waals surface area contributed by atoms with E-state index in [2.05, 4.69) is 48.6 Å². The van der Waals surface area contributed by atoms with E-state index in [9.17, 15) is 0 Å². The second-order valence-corrected chi connectivity index (χ2v) is 5.16. The summed E-state index contributed by atoms with van der Waals surface area (Å²) in [4.78, 5) is 0. The van der Waals surface area contributed by atoms with Crippen LogP contribution in [0.4, 0.5) is 0 Å². The number of nitrogens with one attached hydrogen (secondary N) is 1. The van der Waals surface area contributed by atoms with Gasteiger partial charge in [-0.25, -0.2) is 0 Å². The molecule has 0 saturated carbocycles. The zero-order chi connectivity index (χ0) is 13.9. The molecule has 0 saturated heterocycles. The molecule has 0 spiro atoms. The van der Waals surface area contributed by atoms with Crippen LogP contribution in [0.1, 0.15) is 22.7 Å². The summed E-state index contributed by atoms with van der Waals surface area (Å²) in [7, 11) is 2.00. The Morgan fingerprint density at radius 1 is 1.05 bits per heavy atom. The fraction of sp³-hybridized carbons (Fsp3) is 0.222. The fourth-order valence-corrected chi connectivity index (χ4v) is 2.69. The Bertz CT molecular complexity index is 714. The molecule has 2 nitrogen and oxygen atoms in total. The number of likely N-dealkylation sites (N-methyl/N-ethyl adjacent to an activating group) is 1. The van der Waals surface area contributed by atoms with Crippen molar-refractivity contribution in [3.8, 4) is 0 Å². The van der Waals surface area contributed by atoms with Gasteiger partial charge in [0.15, 0.2) is 0 Å². The molecule has 2 heteroatoms. The van der Waals surface area contributed by atoms with Gasteiger partial charge in [-0.15, -0.1) is 0 Å². The van der Waals surface area contributed by atoms with Crippen LogP contribution >= 0.6 is 0 Å². The molecule has 0 aliphatic carbocycles. The highest BCUT2D eigenvalue weighted by atomic mass is 16.3. The fourth-order valence-electron chi connectivity index (χ4n) is 2.69. The molecule has 1 atom stereocenters. The van der Waals surface area contributed by atoms with Crippen LogP contribution in [-0.2, 0) is 6.42 Å². The summed E-state index contributed by atoms with van der Waals surface area (Å²) in [6, 6.07) is 17.0. The van der Waals surface area contributed by atoms with Crippen LogP contribution in [0.5, 0.6) is 0 Å². The van der Waals surface area contributed by atoms with Crippen molar-refractivity contribution >= 4 is 11.0 Å². The highest BCUT2D eigenvalue weighted by molar-refractivity contribution is 5.81. The lowest BCUT2D eigenvalue weighted by Gasteiger charge is -2.16. The first-order valence-corrected chi connectivity index (χ1v) is 6.97. The number of furan rings is 1. The van der Waals surface area contributed by atoms with E-state index in [1.807, 2.05) is 25.4 Å². The summed E-state index contributed by atoms with van der Waals surface area (Å²) in [5.41, 5.74) is 4.89. The van der Waals surface area contributed by atoms with Crippen LogP contribution in [0.15, 0.2) is 59.2 Å². The number of hydrogen-bond donors (Lipinski definition) is 1. The van der Waals surface area contributed by atoms with E-state index in [-0.39, 0.29) is 6.04 Å². The molecule has 0 radical (unpaired) electrons. The minimum atomic E-state index is 0.264. The highest BCUT2D eigenvalue weighted by Crippen LogP contribution is 2.28. The van der Waals surface area contributed by atoms with Gasteiger partial charge in [0.05, 0.1) is 6.26 Å². The van der Waals surface area contributed by atoms with Crippen LogP contribution in [0.25, 0.3) is 11.0 Å². The van der Waals surface area contributed by atoms with E-state index in [0.717, 1.165) is 12.0 Å². The van der Waals surface area contributed by atoms with Crippen LogP contribution in [0, 0.1) is 6.92 Å². The zero-order valence-corrected chi connectivity index (χ0v) is 11.9. The number of para-hydroxylation sites is 1. The Labute approximate surface area is 119 Å². The topological polar surface area (TPSA) is 25.2 Å². The van der Waals surface area contributed by atoms with E-state index in [4.69, 9.17) is 4.42 Å². The first-order chi connectivity index (χ1) is 9.79. The van der Waals surface area contributed by atoms with Gasteiger partial charge in [0.2, 0.25) is 0 Å². The zero-order valence-electron chi connectivity index (χ0n) is 11.9. The van der Waals surface area contributed by atoms with Gasteiger partial charge in [0.1, 0.15) is 5.58 Å². The summed E-state index contributed by atoms with van der Waals surface area (Å²) in [6.45, 7) is 2.16. The molecule has 102 valence electrons. The van der Waals surface area contributed by atoms with Crippen molar-refractivity contribution in [2.24, 2.45) is 0 Å². The number of fused-ring (bicyclic) bond motifs is 1. The number of rotatable bonds is 4. The van der Waals surface area contributed by atoms with Crippen LogP contribution in [-0.4, -0.2) is 7.05 Å². The maximum Gasteiger partial charge on any atom is 0.134 e. The van der Waals surface area contributed by atoms with Gasteiger partial charge in [-0.1, -0.05) is 42.5 Å². The Kier molecular flexibility index (Phi) is 3.57. The van der Waals surface area contributed by atoms with Gasteiger partial charge in [-0.3, -0.25) is 0 Å². The Hall–Kier alpha value is -2.06. The van der Waals surface area contributed by atoms with E-state index in [1.165, 1.54) is 22.1 Å². The molecule has 0 aliphatic heterocycles. The second kappa shape index (κ2) is 5.51. The third kappa shape index (κ3) is 2.35. The van der Waals surface area contributed by atoms with E-state index >= 15 is 0 Å². The monoisotopic (exact) mass is 265 g/mol. The molecule has 0 aliphatic rings. The van der Waals surface area contributed by atoms with E-state index < -0.39 is 0 Å². The van der Waals surface area contributed by atoms with Gasteiger partial charge in [-0.05, 0) is 37.6 Å². The summed E-state index contributed by atoms with van der Waals surface area (Å²) in [6.07, 6.45) is 2.84. The standard InChI is InChI=1S/C18H19NO/c1-13-7-3-4-8-14(13)11-17(19-2)16-12-20-18-10-6-5-9-15(16)18/h3-10,12,17,19H,11H2,1-2H3. The van der Waals surface area contributed by atoms with E-state index in [0.29, 0.717) is 0 Å². The molecule has 1 heterocycles. The van der Waals surface area contributed by atoms with Crippen molar-refractivity contribution in [1.82, 2.24) is 5.32 Å². The lowest BCUT2D eigenvalue weighted by molar-refractivity contribution is 0.562. The van der Waals surface area contributed by atoms with E-state index in [1.54, 1.807) is 0 Å². The van der Waals surface area contributed by atoms with Crippen molar-refractivity contribution in [2.75, 3.05) is 7.05 Å². The minimum Gasteiger partial charge on any atom is -0.464 e. The molecule has 3 rings (SSSR count). The Morgan fingerprint density at radius 2 is 1.80 bits per heavy atom. The summed E-state index contributed by atoms with van der Waals surface area (Å²) >= 11 is 0. The summed E-state index contributed by atoms with van der Waals surface area (Å²) < 4.78 is 5.66. The molecule has 1 unspecified atom stereocenters. The lowest BCUT2D eigenvalue weighted by atomic mass is 9.96. The SMILES string of the molecule is CNC(Cc1ccccc1C)c1coc2ccccc12. The third-order valence-corrected chi connectivity index (χ3v) is 3.92. The smallest absolute Gasteiger partial charge is 0.134 e. The average Bonchev–Trinajstić information content (AvgIpc) is 2.90. The van der Waals surface area contributed by atoms with Gasteiger partial charge < -0.3 is 9.73 Å². The van der Waals surface area contributed by atoms with Crippen LogP contribution < -0.4 is 5.32 Å². The quantitative estimate of drug-likeness (QED) is 0.763. The summed E-state index contributed by atoms with van der Waals surface area (Å²) in [5, 5.41) is 4.61. The van der Waals surface area contributed by atoms with Crippen LogP contribution in [0.3, 0.4) is 0 Å². The molecule has 0 bridgehead atoms. The van der Waals surface area contributed by atoms with Crippen LogP contribution in [0.2, 0.25) is 0 Å². The van der Waals surface area contributed by atoms with Crippen molar-refractivity contribution in [2.45, 2.75) is 19.4 Å². The molecule has 3 aromatic rings. The van der Waals surface area contributed by atoms with Gasteiger partial charge in [0, 0.05) is 17.0 Å². The van der Waals surface area contributed by atoms with Gasteiger partial charge >= 0.3 is 0 Å². The van der Waals surface area contributed by atoms with Crippen molar-refractivity contribution < 1.29 is 4.42 Å². The average molecular weight is 265 g/mol. The Morgan fingerprint density at radius 3 is 2.60 bits per heavy atom. The highest BCUT2D eigenvalue weighted by Gasteiger charge is 2.16. The minimum absolute atomic E-state index is 0.264. The lowest BCUT2D eigenvalue weighted by Crippen LogP contribution is -2.18. The van der Waals surface area contributed by atoms with Crippen molar-refractivity contribution in [3.05, 3.63) is 71.5 Å². The third-order valence-electron chi connectivity index (χ3n) is 3.92. The maximum absolute atomic E-state index is 5.66. The molecular formula is C18H19NO. The van der Waals surface area contributed by atoms with Gasteiger partial charge in [-0.2, -0.15) is 0 Å². The number of aryl methyl sites for hydroxylation is 1. The van der Waals surface area contributed by atoms with Crippen molar-refractivity contribution in [3.63, 3.8) is 0 Å². The second-order valence-electron chi connectivity index (χ2n) is 5.16. The molecule has 0 amide bonds. The molecular weight excluding hydrogens is 246 g/mol. The summed E-state index contributed by atoms with van der Waals surface area (Å²) in [5.74, 6) is 0. The molecule has 0 fully saturated rings. The first kappa shape index (κ1) is 12.9. The van der Waals surface area contributed by atoms with Crippen molar-refractivity contribution in [1.29, 1.82) is 0 Å². The molecule has 1 N–H and O–H groups in total. The first-order valence-electron chi connectivity index (χ1n) is 6.97. The Balaban J connectivity index is 1.96. The predicted octanol–water partition coefficient (Wildman–Crippen LogP) is 4.24. The molecule has 2 aromatic carbocycles. The normalized spacial score (nSPS) is 12.7. The molecule has 1 aromatic heterocycles. The predicted molar refractivity (Wildman–Crippen MR) is 82.9 cm³/mol. The number of benzene rings is 2. The maximum atomic E-state index is 5.66.